The minimum absolute atomic E-state index is 0. The van der Waals surface area contributed by atoms with Crippen LogP contribution in [-0.2, 0) is 14.8 Å². The molecule has 3 rings (SSSR count). The standard InChI is InChI=1S/C27H32FN3O6S.2H2/c1-17(2)15-36-21-13-19(12-20(28)14-21)23-11-10-22(26(30-23)37-27(4,5)16-35-6)25(32)31-38(33,34)24-9-7-8-18(3)29-24;;/h7-14,17H,15-16H2,1-6H3,(H,31,32);2*1H. The van der Waals surface area contributed by atoms with Crippen molar-refractivity contribution in [1.82, 2.24) is 14.7 Å². The Kier molecular flexibility index (Phi) is 9.05. The van der Waals surface area contributed by atoms with Crippen molar-refractivity contribution in [2.45, 2.75) is 45.2 Å². The number of hydrogen-bond donors (Lipinski definition) is 1. The Balaban J connectivity index is 0.00000400. The van der Waals surface area contributed by atoms with E-state index in [9.17, 15) is 17.6 Å². The molecule has 11 heteroatoms. The van der Waals surface area contributed by atoms with Gasteiger partial charge in [-0.1, -0.05) is 19.9 Å². The molecule has 2 aromatic heterocycles. The molecule has 0 aliphatic carbocycles. The van der Waals surface area contributed by atoms with E-state index in [1.807, 2.05) is 18.6 Å². The lowest BCUT2D eigenvalue weighted by atomic mass is 10.1. The molecule has 1 N–H and O–H groups in total. The molecule has 2 heterocycles. The fourth-order valence-corrected chi connectivity index (χ4v) is 4.42. The lowest BCUT2D eigenvalue weighted by Gasteiger charge is -2.26. The fourth-order valence-electron chi connectivity index (χ4n) is 3.44. The number of pyridine rings is 2. The van der Waals surface area contributed by atoms with Gasteiger partial charge in [0.05, 0.1) is 18.9 Å². The summed E-state index contributed by atoms with van der Waals surface area (Å²) in [5, 5.41) is -0.300. The Morgan fingerprint density at radius 2 is 1.87 bits per heavy atom. The third-order valence-corrected chi connectivity index (χ3v) is 6.32. The van der Waals surface area contributed by atoms with Gasteiger partial charge in [0.2, 0.25) is 5.88 Å². The molecule has 1 aromatic carbocycles. The molecule has 1 amide bonds. The first-order valence-electron chi connectivity index (χ1n) is 11.9. The highest BCUT2D eigenvalue weighted by Gasteiger charge is 2.28. The van der Waals surface area contributed by atoms with Crippen molar-refractivity contribution in [3.8, 4) is 22.9 Å². The van der Waals surface area contributed by atoms with Crippen LogP contribution >= 0.6 is 0 Å². The molecule has 208 valence electrons. The van der Waals surface area contributed by atoms with Gasteiger partial charge < -0.3 is 14.2 Å². The number of methoxy groups -OCH3 is 1. The topological polar surface area (TPSA) is 117 Å². The number of sulfonamides is 1. The molecule has 9 nitrogen and oxygen atoms in total. The molecule has 0 bridgehead atoms. The highest BCUT2D eigenvalue weighted by molar-refractivity contribution is 7.90. The van der Waals surface area contributed by atoms with Crippen LogP contribution in [0.3, 0.4) is 0 Å². The molecule has 0 spiro atoms. The summed E-state index contributed by atoms with van der Waals surface area (Å²) in [6.45, 7) is 9.59. The quantitative estimate of drug-likeness (QED) is 0.354. The summed E-state index contributed by atoms with van der Waals surface area (Å²) in [4.78, 5) is 21.6. The molecular formula is C27H36FN3O6S. The Bertz CT molecular complexity index is 1420. The number of benzene rings is 1. The van der Waals surface area contributed by atoms with Gasteiger partial charge in [0.25, 0.3) is 15.9 Å². The zero-order chi connectivity index (χ0) is 28.1. The van der Waals surface area contributed by atoms with E-state index in [2.05, 4.69) is 9.97 Å². The Morgan fingerprint density at radius 1 is 1.13 bits per heavy atom. The first-order valence-corrected chi connectivity index (χ1v) is 13.4. The summed E-state index contributed by atoms with van der Waals surface area (Å²) in [5.74, 6) is -1.06. The number of carbonyl (C=O) groups excluding carboxylic acids is 1. The van der Waals surface area contributed by atoms with Crippen LogP contribution in [-0.4, -0.2) is 50.2 Å². The monoisotopic (exact) mass is 549 g/mol. The summed E-state index contributed by atoms with van der Waals surface area (Å²) in [6, 6.07) is 11.5. The predicted molar refractivity (Wildman–Crippen MR) is 144 cm³/mol. The van der Waals surface area contributed by atoms with E-state index in [0.29, 0.717) is 29.3 Å². The van der Waals surface area contributed by atoms with Gasteiger partial charge in [0, 0.05) is 27.3 Å². The number of nitrogens with one attached hydrogen (secondary N) is 1. The average Bonchev–Trinajstić information content (AvgIpc) is 2.81. The molecule has 38 heavy (non-hydrogen) atoms. The Morgan fingerprint density at radius 3 is 2.53 bits per heavy atom. The van der Waals surface area contributed by atoms with Gasteiger partial charge in [-0.15, -0.1) is 0 Å². The van der Waals surface area contributed by atoms with E-state index >= 15 is 0 Å². The number of ether oxygens (including phenoxy) is 3. The number of rotatable bonds is 11. The highest BCUT2D eigenvalue weighted by atomic mass is 32.2. The molecule has 0 aliphatic rings. The van der Waals surface area contributed by atoms with Crippen LogP contribution in [0.1, 0.15) is 46.6 Å². The lowest BCUT2D eigenvalue weighted by Crippen LogP contribution is -2.36. The largest absolute Gasteiger partial charge is 0.493 e. The number of halogens is 1. The van der Waals surface area contributed by atoms with Crippen molar-refractivity contribution in [1.29, 1.82) is 0 Å². The molecule has 0 unspecified atom stereocenters. The average molecular weight is 550 g/mol. The van der Waals surface area contributed by atoms with Crippen LogP contribution < -0.4 is 14.2 Å². The number of aryl methyl sites for hydroxylation is 1. The van der Waals surface area contributed by atoms with Crippen molar-refractivity contribution in [3.05, 3.63) is 65.6 Å². The number of nitrogens with zero attached hydrogens (tertiary/aromatic N) is 2. The number of hydrogen-bond acceptors (Lipinski definition) is 8. The molecule has 0 fully saturated rings. The van der Waals surface area contributed by atoms with E-state index in [1.165, 1.54) is 43.5 Å². The van der Waals surface area contributed by atoms with Gasteiger partial charge >= 0.3 is 0 Å². The summed E-state index contributed by atoms with van der Waals surface area (Å²) in [6.07, 6.45) is 0. The van der Waals surface area contributed by atoms with Crippen LogP contribution in [0.15, 0.2) is 53.6 Å². The smallest absolute Gasteiger partial charge is 0.281 e. The fraction of sp³-hybridized carbons (Fsp3) is 0.370. The first-order chi connectivity index (χ1) is 17.8. The Hall–Kier alpha value is -3.57. The second-order valence-electron chi connectivity index (χ2n) is 9.78. The van der Waals surface area contributed by atoms with Crippen LogP contribution in [0.25, 0.3) is 11.3 Å². The van der Waals surface area contributed by atoms with Gasteiger partial charge in [-0.25, -0.2) is 19.1 Å². The van der Waals surface area contributed by atoms with E-state index in [0.717, 1.165) is 0 Å². The predicted octanol–water partition coefficient (Wildman–Crippen LogP) is 5.04. The zero-order valence-electron chi connectivity index (χ0n) is 22.2. The van der Waals surface area contributed by atoms with Gasteiger partial charge in [-0.3, -0.25) is 4.79 Å². The van der Waals surface area contributed by atoms with E-state index < -0.39 is 27.3 Å². The Labute approximate surface area is 225 Å². The van der Waals surface area contributed by atoms with Crippen molar-refractivity contribution in [2.24, 2.45) is 5.92 Å². The van der Waals surface area contributed by atoms with Crippen molar-refractivity contribution >= 4 is 15.9 Å². The molecule has 0 radical (unpaired) electrons. The maximum atomic E-state index is 14.4. The molecule has 0 aliphatic heterocycles. The van der Waals surface area contributed by atoms with Gasteiger partial charge in [0.1, 0.15) is 22.7 Å². The van der Waals surface area contributed by atoms with Gasteiger partial charge in [0.15, 0.2) is 5.03 Å². The van der Waals surface area contributed by atoms with E-state index in [1.54, 1.807) is 32.9 Å². The third kappa shape index (κ3) is 7.72. The summed E-state index contributed by atoms with van der Waals surface area (Å²) >= 11 is 0. The van der Waals surface area contributed by atoms with Crippen molar-refractivity contribution in [2.75, 3.05) is 20.3 Å². The summed E-state index contributed by atoms with van der Waals surface area (Å²) in [5.41, 5.74) is 0.0914. The molecule has 0 saturated carbocycles. The van der Waals surface area contributed by atoms with Crippen LogP contribution in [0, 0.1) is 18.7 Å². The van der Waals surface area contributed by atoms with E-state index in [4.69, 9.17) is 14.2 Å². The molecule has 0 atom stereocenters. The second-order valence-corrected chi connectivity index (χ2v) is 11.4. The minimum Gasteiger partial charge on any atom is -0.493 e. The SMILES string of the molecule is COCC(C)(C)Oc1nc(-c2cc(F)cc(OCC(C)C)c2)ccc1C(=O)NS(=O)(=O)c1cccc(C)n1.[HH].[HH]. The highest BCUT2D eigenvalue weighted by Crippen LogP contribution is 2.30. The second kappa shape index (κ2) is 11.9. The molecular weight excluding hydrogens is 513 g/mol. The maximum Gasteiger partial charge on any atom is 0.281 e. The van der Waals surface area contributed by atoms with Crippen LogP contribution in [0.2, 0.25) is 0 Å². The normalized spacial score (nSPS) is 11.9. The third-order valence-electron chi connectivity index (χ3n) is 5.09. The number of carbonyl (C=O) groups is 1. The van der Waals surface area contributed by atoms with Crippen molar-refractivity contribution in [3.63, 3.8) is 0 Å². The summed E-state index contributed by atoms with van der Waals surface area (Å²) < 4.78 is 58.9. The van der Waals surface area contributed by atoms with Gasteiger partial charge in [-0.2, -0.15) is 8.42 Å². The minimum atomic E-state index is -4.27. The van der Waals surface area contributed by atoms with Crippen molar-refractivity contribution < 1.29 is 34.7 Å². The number of aromatic nitrogens is 2. The van der Waals surface area contributed by atoms with Crippen LogP contribution in [0.5, 0.6) is 11.6 Å². The van der Waals surface area contributed by atoms with Gasteiger partial charge in [-0.05, 0) is 63.1 Å². The first kappa shape index (κ1) is 29.0. The summed E-state index contributed by atoms with van der Waals surface area (Å²) in [7, 11) is -2.78. The zero-order valence-corrected chi connectivity index (χ0v) is 23.1. The van der Waals surface area contributed by atoms with Crippen LogP contribution in [0.4, 0.5) is 4.39 Å². The molecule has 0 saturated heterocycles. The lowest BCUT2D eigenvalue weighted by molar-refractivity contribution is 0.0144. The molecule has 3 aromatic rings. The van der Waals surface area contributed by atoms with E-state index in [-0.39, 0.29) is 31.8 Å². The maximum absolute atomic E-state index is 14.4. The number of amides is 1.